The fourth-order valence-corrected chi connectivity index (χ4v) is 2.61. The molecule has 0 amide bonds. The third kappa shape index (κ3) is 2.56. The zero-order chi connectivity index (χ0) is 14.2. The van der Waals surface area contributed by atoms with Gasteiger partial charge in [-0.1, -0.05) is 20.8 Å². The number of nitrogens with one attached hydrogen (secondary N) is 2. The molecule has 2 aromatic rings. The van der Waals surface area contributed by atoms with E-state index < -0.39 is 11.1 Å². The number of thiocyanates is 1. The van der Waals surface area contributed by atoms with Crippen LogP contribution < -0.4 is 11.1 Å². The first-order valence-electron chi connectivity index (χ1n) is 5.69. The first kappa shape index (κ1) is 13.4. The van der Waals surface area contributed by atoms with Gasteiger partial charge in [-0.25, -0.2) is 0 Å². The highest BCUT2D eigenvalue weighted by atomic mass is 32.2. The molecule has 1 heterocycles. The van der Waals surface area contributed by atoms with Crippen molar-refractivity contribution in [3.63, 3.8) is 0 Å². The SMILES string of the molecule is CC(C)(C)c1cc2[nH]c(=O)c(=O)[nH]c2cc1SC#N. The van der Waals surface area contributed by atoms with Crippen LogP contribution in [0, 0.1) is 10.7 Å². The molecule has 1 aromatic carbocycles. The molecule has 5 nitrogen and oxygen atoms in total. The van der Waals surface area contributed by atoms with Crippen LogP contribution in [0.1, 0.15) is 26.3 Å². The van der Waals surface area contributed by atoms with E-state index in [9.17, 15) is 9.59 Å². The number of hydrogen-bond donors (Lipinski definition) is 2. The maximum Gasteiger partial charge on any atom is 0.314 e. The predicted octanol–water partition coefficient (Wildman–Crippen LogP) is 2.09. The molecule has 0 saturated heterocycles. The summed E-state index contributed by atoms with van der Waals surface area (Å²) in [7, 11) is 0. The zero-order valence-corrected chi connectivity index (χ0v) is 11.6. The van der Waals surface area contributed by atoms with Crippen molar-refractivity contribution in [1.82, 2.24) is 9.97 Å². The van der Waals surface area contributed by atoms with Crippen LogP contribution in [0.4, 0.5) is 0 Å². The molecule has 0 spiro atoms. The number of H-pyrrole nitrogens is 2. The largest absolute Gasteiger partial charge is 0.316 e. The van der Waals surface area contributed by atoms with Gasteiger partial charge in [0.15, 0.2) is 0 Å². The molecule has 0 unspecified atom stereocenters. The Morgan fingerprint density at radius 2 is 1.63 bits per heavy atom. The lowest BCUT2D eigenvalue weighted by Crippen LogP contribution is -2.29. The zero-order valence-electron chi connectivity index (χ0n) is 10.8. The maximum atomic E-state index is 11.3. The molecular weight excluding hydrogens is 262 g/mol. The molecule has 1 aromatic heterocycles. The van der Waals surface area contributed by atoms with E-state index in [0.29, 0.717) is 11.0 Å². The van der Waals surface area contributed by atoms with Gasteiger partial charge in [0.2, 0.25) is 0 Å². The molecule has 0 atom stereocenters. The van der Waals surface area contributed by atoms with Gasteiger partial charge in [0.05, 0.1) is 11.0 Å². The van der Waals surface area contributed by atoms with Gasteiger partial charge < -0.3 is 9.97 Å². The van der Waals surface area contributed by atoms with E-state index in [0.717, 1.165) is 22.2 Å². The highest BCUT2D eigenvalue weighted by Gasteiger charge is 2.19. The van der Waals surface area contributed by atoms with E-state index >= 15 is 0 Å². The van der Waals surface area contributed by atoms with Crippen molar-refractivity contribution in [3.05, 3.63) is 38.4 Å². The summed E-state index contributed by atoms with van der Waals surface area (Å²) in [6.07, 6.45) is 0. The number of aromatic nitrogens is 2. The Morgan fingerprint density at radius 1 is 1.11 bits per heavy atom. The standard InChI is InChI=1S/C13H13N3O2S/c1-13(2,3)7-4-8-9(5-10(7)19-6-14)16-12(18)11(17)15-8/h4-5H,1-3H3,(H,15,17)(H,16,18). The molecule has 0 bridgehead atoms. The average molecular weight is 275 g/mol. The number of rotatable bonds is 1. The van der Waals surface area contributed by atoms with Crippen LogP contribution in [0.15, 0.2) is 26.6 Å². The lowest BCUT2D eigenvalue weighted by molar-refractivity contribution is 0.579. The molecular formula is C13H13N3O2S. The third-order valence-corrected chi connectivity index (χ3v) is 3.43. The Labute approximate surface area is 113 Å². The van der Waals surface area contributed by atoms with Gasteiger partial charge in [-0.2, -0.15) is 5.26 Å². The lowest BCUT2D eigenvalue weighted by Gasteiger charge is -2.22. The summed E-state index contributed by atoms with van der Waals surface area (Å²) in [5.41, 5.74) is 0.513. The minimum atomic E-state index is -0.691. The first-order chi connectivity index (χ1) is 8.82. The number of aromatic amines is 2. The molecule has 2 rings (SSSR count). The molecule has 0 aliphatic heterocycles. The summed E-state index contributed by atoms with van der Waals surface area (Å²) in [6, 6.07) is 3.54. The molecule has 0 radical (unpaired) electrons. The van der Waals surface area contributed by atoms with Crippen LogP contribution >= 0.6 is 11.8 Å². The second kappa shape index (κ2) is 4.59. The van der Waals surface area contributed by atoms with Gasteiger partial charge >= 0.3 is 11.1 Å². The van der Waals surface area contributed by atoms with Gasteiger partial charge in [0.1, 0.15) is 5.40 Å². The molecule has 98 valence electrons. The van der Waals surface area contributed by atoms with E-state index in [4.69, 9.17) is 5.26 Å². The Kier molecular flexibility index (Phi) is 3.25. The van der Waals surface area contributed by atoms with Gasteiger partial charge in [-0.05, 0) is 34.9 Å². The van der Waals surface area contributed by atoms with Crippen molar-refractivity contribution in [1.29, 1.82) is 5.26 Å². The maximum absolute atomic E-state index is 11.3. The number of nitriles is 1. The molecule has 0 saturated carbocycles. The average Bonchev–Trinajstić information content (AvgIpc) is 2.29. The topological polar surface area (TPSA) is 89.5 Å². The second-order valence-electron chi connectivity index (χ2n) is 5.25. The molecule has 0 aliphatic carbocycles. The van der Waals surface area contributed by atoms with E-state index in [-0.39, 0.29) is 5.41 Å². The summed E-state index contributed by atoms with van der Waals surface area (Å²) in [4.78, 5) is 28.5. The fraction of sp³-hybridized carbons (Fsp3) is 0.308. The minimum absolute atomic E-state index is 0.166. The third-order valence-electron chi connectivity index (χ3n) is 2.79. The Morgan fingerprint density at radius 3 is 2.11 bits per heavy atom. The van der Waals surface area contributed by atoms with Crippen molar-refractivity contribution >= 4 is 22.8 Å². The normalized spacial score (nSPS) is 11.5. The number of fused-ring (bicyclic) bond motifs is 1. The van der Waals surface area contributed by atoms with E-state index in [2.05, 4.69) is 9.97 Å². The second-order valence-corrected chi connectivity index (χ2v) is 6.07. The van der Waals surface area contributed by atoms with Crippen molar-refractivity contribution < 1.29 is 0 Å². The number of nitrogens with zero attached hydrogens (tertiary/aromatic N) is 1. The lowest BCUT2D eigenvalue weighted by atomic mass is 9.87. The highest BCUT2D eigenvalue weighted by molar-refractivity contribution is 8.03. The molecule has 6 heteroatoms. The van der Waals surface area contributed by atoms with Gasteiger partial charge in [0, 0.05) is 4.90 Å². The summed E-state index contributed by atoms with van der Waals surface area (Å²) in [5.74, 6) is 0. The van der Waals surface area contributed by atoms with Crippen LogP contribution in [0.5, 0.6) is 0 Å². The Hall–Kier alpha value is -2.00. The van der Waals surface area contributed by atoms with Crippen molar-refractivity contribution in [2.75, 3.05) is 0 Å². The first-order valence-corrected chi connectivity index (χ1v) is 6.51. The molecule has 19 heavy (non-hydrogen) atoms. The minimum Gasteiger partial charge on any atom is -0.316 e. The van der Waals surface area contributed by atoms with Crippen molar-refractivity contribution in [2.24, 2.45) is 0 Å². The Bertz CT molecular complexity index is 791. The summed E-state index contributed by atoms with van der Waals surface area (Å²) in [5, 5.41) is 10.9. The summed E-state index contributed by atoms with van der Waals surface area (Å²) >= 11 is 1.05. The van der Waals surface area contributed by atoms with Crippen LogP contribution in [-0.4, -0.2) is 9.97 Å². The quantitative estimate of drug-likeness (QED) is 0.473. The molecule has 0 fully saturated rings. The van der Waals surface area contributed by atoms with Gasteiger partial charge in [0.25, 0.3) is 0 Å². The van der Waals surface area contributed by atoms with Gasteiger partial charge in [-0.3, -0.25) is 9.59 Å². The fourth-order valence-electron chi connectivity index (χ4n) is 1.86. The smallest absolute Gasteiger partial charge is 0.314 e. The number of hydrogen-bond acceptors (Lipinski definition) is 4. The predicted molar refractivity (Wildman–Crippen MR) is 75.4 cm³/mol. The molecule has 2 N–H and O–H groups in total. The monoisotopic (exact) mass is 275 g/mol. The van der Waals surface area contributed by atoms with Crippen LogP contribution in [-0.2, 0) is 5.41 Å². The van der Waals surface area contributed by atoms with E-state index in [1.165, 1.54) is 0 Å². The van der Waals surface area contributed by atoms with E-state index in [1.807, 2.05) is 32.2 Å². The van der Waals surface area contributed by atoms with E-state index in [1.54, 1.807) is 6.07 Å². The summed E-state index contributed by atoms with van der Waals surface area (Å²) < 4.78 is 0. The number of benzene rings is 1. The van der Waals surface area contributed by atoms with Crippen molar-refractivity contribution in [2.45, 2.75) is 31.1 Å². The van der Waals surface area contributed by atoms with Crippen LogP contribution in [0.2, 0.25) is 0 Å². The van der Waals surface area contributed by atoms with Crippen LogP contribution in [0.25, 0.3) is 11.0 Å². The van der Waals surface area contributed by atoms with Gasteiger partial charge in [-0.15, -0.1) is 0 Å². The number of thioether (sulfide) groups is 1. The highest BCUT2D eigenvalue weighted by Crippen LogP contribution is 2.34. The molecule has 0 aliphatic rings. The Balaban J connectivity index is 2.85. The van der Waals surface area contributed by atoms with Crippen LogP contribution in [0.3, 0.4) is 0 Å². The summed E-state index contributed by atoms with van der Waals surface area (Å²) in [6.45, 7) is 6.08. The van der Waals surface area contributed by atoms with Crippen molar-refractivity contribution in [3.8, 4) is 5.40 Å².